The summed E-state index contributed by atoms with van der Waals surface area (Å²) in [4.78, 5) is 21.3. The molecule has 0 amide bonds. The molecule has 0 aliphatic carbocycles. The predicted molar refractivity (Wildman–Crippen MR) is 127 cm³/mol. The van der Waals surface area contributed by atoms with E-state index in [1.807, 2.05) is 24.7 Å². The van der Waals surface area contributed by atoms with Crippen molar-refractivity contribution in [2.75, 3.05) is 36.1 Å². The maximum absolute atomic E-state index is 5.85. The number of hydrogen-bond acceptors (Lipinski definition) is 5. The van der Waals surface area contributed by atoms with Crippen molar-refractivity contribution >= 4 is 39.0 Å². The largest absolute Gasteiger partial charge is 0.377 e. The van der Waals surface area contributed by atoms with Crippen LogP contribution in [0.2, 0.25) is 0 Å². The van der Waals surface area contributed by atoms with Crippen molar-refractivity contribution in [2.24, 2.45) is 0 Å². The highest BCUT2D eigenvalue weighted by Crippen LogP contribution is 2.42. The van der Waals surface area contributed by atoms with Crippen LogP contribution in [-0.2, 0) is 4.74 Å². The normalized spacial score (nSPS) is 18.2. The van der Waals surface area contributed by atoms with Crippen molar-refractivity contribution in [3.8, 4) is 11.4 Å². The Morgan fingerprint density at radius 1 is 0.906 bits per heavy atom. The quantitative estimate of drug-likeness (QED) is 0.439. The van der Waals surface area contributed by atoms with Crippen LogP contribution in [0.5, 0.6) is 0 Å². The van der Waals surface area contributed by atoms with Gasteiger partial charge in [-0.2, -0.15) is 0 Å². The van der Waals surface area contributed by atoms with Gasteiger partial charge in [0.05, 0.1) is 31.1 Å². The lowest BCUT2D eigenvalue weighted by molar-refractivity contribution is 0.0945. The Balaban J connectivity index is 1.42. The van der Waals surface area contributed by atoms with Gasteiger partial charge in [0.1, 0.15) is 5.69 Å². The maximum atomic E-state index is 5.85. The van der Waals surface area contributed by atoms with Crippen LogP contribution in [0.25, 0.3) is 33.2 Å². The smallest absolute Gasteiger partial charge is 0.162 e. The molecule has 2 aliphatic heterocycles. The first-order chi connectivity index (χ1) is 15.9. The molecule has 158 valence electrons. The average molecular weight is 422 g/mol. The molecular formula is C25H22N6O. The first-order valence-corrected chi connectivity index (χ1v) is 11.0. The van der Waals surface area contributed by atoms with Gasteiger partial charge in [-0.25, -0.2) is 9.97 Å². The highest BCUT2D eigenvalue weighted by atomic mass is 16.5. The van der Waals surface area contributed by atoms with E-state index in [1.54, 1.807) is 0 Å². The topological polar surface area (TPSA) is 73.1 Å². The van der Waals surface area contributed by atoms with E-state index in [4.69, 9.17) is 14.7 Å². The average Bonchev–Trinajstić information content (AvgIpc) is 3.52. The summed E-state index contributed by atoms with van der Waals surface area (Å²) in [6.45, 7) is 3.10. The highest BCUT2D eigenvalue weighted by Gasteiger charge is 2.36. The molecule has 1 atom stereocenters. The van der Waals surface area contributed by atoms with Gasteiger partial charge in [0.25, 0.3) is 0 Å². The molecule has 1 fully saturated rings. The Bertz CT molecular complexity index is 1450. The molecule has 0 saturated carbocycles. The molecule has 7 rings (SSSR count). The minimum Gasteiger partial charge on any atom is -0.377 e. The van der Waals surface area contributed by atoms with Crippen LogP contribution in [0.3, 0.4) is 0 Å². The highest BCUT2D eigenvalue weighted by molar-refractivity contribution is 5.97. The van der Waals surface area contributed by atoms with Crippen LogP contribution in [0.1, 0.15) is 0 Å². The molecule has 2 N–H and O–H groups in total. The van der Waals surface area contributed by atoms with Crippen molar-refractivity contribution in [3.05, 3.63) is 67.1 Å². The lowest BCUT2D eigenvalue weighted by Crippen LogP contribution is -2.54. The van der Waals surface area contributed by atoms with Crippen LogP contribution in [0, 0.1) is 0 Å². The second kappa shape index (κ2) is 6.83. The molecule has 5 heterocycles. The molecule has 0 bridgehead atoms. The molecule has 32 heavy (non-hydrogen) atoms. The van der Waals surface area contributed by atoms with Gasteiger partial charge in [-0.15, -0.1) is 0 Å². The number of benzene rings is 2. The van der Waals surface area contributed by atoms with E-state index < -0.39 is 0 Å². The molecule has 0 spiro atoms. The Morgan fingerprint density at radius 2 is 1.72 bits per heavy atom. The summed E-state index contributed by atoms with van der Waals surface area (Å²) in [5, 5.41) is 2.33. The van der Waals surface area contributed by atoms with Gasteiger partial charge < -0.3 is 24.5 Å². The van der Waals surface area contributed by atoms with E-state index in [-0.39, 0.29) is 6.04 Å². The van der Waals surface area contributed by atoms with E-state index in [9.17, 15) is 0 Å². The molecule has 1 saturated heterocycles. The van der Waals surface area contributed by atoms with E-state index in [1.165, 1.54) is 11.1 Å². The number of H-pyrrole nitrogens is 2. The van der Waals surface area contributed by atoms with Gasteiger partial charge in [-0.3, -0.25) is 0 Å². The SMILES string of the molecule is c1cc(-c2ncc3c(n2)N2CCOCC2CN3c2cccc3[nH]ccc23)c2cc[nH]c2c1. The van der Waals surface area contributed by atoms with Gasteiger partial charge in [-0.05, 0) is 30.3 Å². The van der Waals surface area contributed by atoms with Gasteiger partial charge in [0.2, 0.25) is 0 Å². The standard InChI is InChI=1S/C25H22N6O/c1-3-18(17-7-9-26-20(17)4-1)24-28-13-23-25(29-24)30-11-12-32-15-16(30)14-31(23)22-6-2-5-21-19(22)8-10-27-21/h1-10,13,16,26-27H,11-12,14-15H2. The first kappa shape index (κ1) is 17.8. The van der Waals surface area contributed by atoms with Crippen molar-refractivity contribution in [2.45, 2.75) is 6.04 Å². The number of fused-ring (bicyclic) bond motifs is 5. The third-order valence-corrected chi connectivity index (χ3v) is 6.63. The number of nitrogens with zero attached hydrogens (tertiary/aromatic N) is 4. The second-order valence-corrected chi connectivity index (χ2v) is 8.40. The molecule has 2 aliphatic rings. The molecule has 7 heteroatoms. The minimum absolute atomic E-state index is 0.247. The zero-order chi connectivity index (χ0) is 21.1. The van der Waals surface area contributed by atoms with Crippen LogP contribution >= 0.6 is 0 Å². The molecular weight excluding hydrogens is 400 g/mol. The lowest BCUT2D eigenvalue weighted by atomic mass is 10.1. The molecule has 2 aromatic carbocycles. The summed E-state index contributed by atoms with van der Waals surface area (Å²) in [6.07, 6.45) is 5.94. The summed E-state index contributed by atoms with van der Waals surface area (Å²) >= 11 is 0. The van der Waals surface area contributed by atoms with E-state index in [0.717, 1.165) is 59.0 Å². The van der Waals surface area contributed by atoms with Crippen LogP contribution in [0.4, 0.5) is 17.2 Å². The van der Waals surface area contributed by atoms with Gasteiger partial charge in [0.15, 0.2) is 11.6 Å². The Kier molecular flexibility index (Phi) is 3.80. The number of rotatable bonds is 2. The number of aromatic amines is 2. The summed E-state index contributed by atoms with van der Waals surface area (Å²) in [6, 6.07) is 17.1. The Labute approximate surface area is 184 Å². The van der Waals surface area contributed by atoms with E-state index >= 15 is 0 Å². The lowest BCUT2D eigenvalue weighted by Gasteiger charge is -2.45. The third kappa shape index (κ3) is 2.58. The van der Waals surface area contributed by atoms with Gasteiger partial charge in [-0.1, -0.05) is 18.2 Å². The fourth-order valence-electron chi connectivity index (χ4n) is 5.10. The van der Waals surface area contributed by atoms with Crippen molar-refractivity contribution in [3.63, 3.8) is 0 Å². The number of aromatic nitrogens is 4. The Morgan fingerprint density at radius 3 is 2.62 bits per heavy atom. The minimum atomic E-state index is 0.247. The summed E-state index contributed by atoms with van der Waals surface area (Å²) in [5.41, 5.74) is 5.47. The second-order valence-electron chi connectivity index (χ2n) is 8.40. The molecule has 7 nitrogen and oxygen atoms in total. The zero-order valence-corrected chi connectivity index (χ0v) is 17.5. The van der Waals surface area contributed by atoms with Crippen LogP contribution in [0.15, 0.2) is 67.1 Å². The predicted octanol–water partition coefficient (Wildman–Crippen LogP) is 4.46. The molecule has 0 radical (unpaired) electrons. The summed E-state index contributed by atoms with van der Waals surface area (Å²) in [7, 11) is 0. The molecule has 3 aromatic heterocycles. The number of hydrogen-bond donors (Lipinski definition) is 2. The van der Waals surface area contributed by atoms with Crippen LogP contribution < -0.4 is 9.80 Å². The third-order valence-electron chi connectivity index (χ3n) is 6.63. The van der Waals surface area contributed by atoms with E-state index in [0.29, 0.717) is 6.61 Å². The first-order valence-electron chi connectivity index (χ1n) is 11.0. The van der Waals surface area contributed by atoms with Crippen molar-refractivity contribution in [1.29, 1.82) is 0 Å². The zero-order valence-electron chi connectivity index (χ0n) is 17.5. The number of ether oxygens (including phenoxy) is 1. The fourth-order valence-corrected chi connectivity index (χ4v) is 5.10. The number of anilines is 3. The van der Waals surface area contributed by atoms with E-state index in [2.05, 4.69) is 62.2 Å². The van der Waals surface area contributed by atoms with Crippen LogP contribution in [-0.4, -0.2) is 52.3 Å². The number of morpholine rings is 1. The van der Waals surface area contributed by atoms with Crippen molar-refractivity contribution < 1.29 is 4.74 Å². The summed E-state index contributed by atoms with van der Waals surface area (Å²) < 4.78 is 5.85. The maximum Gasteiger partial charge on any atom is 0.162 e. The van der Waals surface area contributed by atoms with Gasteiger partial charge in [0, 0.05) is 52.9 Å². The number of nitrogens with one attached hydrogen (secondary N) is 2. The Hall–Kier alpha value is -3.84. The fraction of sp³-hybridized carbons (Fsp3) is 0.200. The monoisotopic (exact) mass is 422 g/mol. The molecule has 1 unspecified atom stereocenters. The molecule has 5 aromatic rings. The van der Waals surface area contributed by atoms with Gasteiger partial charge >= 0.3 is 0 Å². The van der Waals surface area contributed by atoms with Crippen molar-refractivity contribution in [1.82, 2.24) is 19.9 Å². The summed E-state index contributed by atoms with van der Waals surface area (Å²) in [5.74, 6) is 1.73.